The second kappa shape index (κ2) is 9.49. The fourth-order valence-electron chi connectivity index (χ4n) is 2.02. The second-order valence-electron chi connectivity index (χ2n) is 5.30. The van der Waals surface area contributed by atoms with E-state index in [1.165, 1.54) is 30.4 Å². The number of nitrogens with zero attached hydrogens (tertiary/aromatic N) is 2. The van der Waals surface area contributed by atoms with Crippen LogP contribution in [0.4, 0.5) is 0 Å². The molecule has 0 N–H and O–H groups in total. The minimum atomic E-state index is -4.41. The summed E-state index contributed by atoms with van der Waals surface area (Å²) in [5, 5.41) is 2.71. The smallest absolute Gasteiger partial charge is 0.234 e. The first-order valence-electron chi connectivity index (χ1n) is 7.41. The van der Waals surface area contributed by atoms with Crippen LogP contribution in [0.5, 0.6) is 0 Å². The molecule has 0 saturated heterocycles. The average Bonchev–Trinajstić information content (AvgIpc) is 3.02. The molecule has 14 heteroatoms. The molecule has 158 valence electrons. The lowest BCUT2D eigenvalue weighted by Crippen LogP contribution is -2.31. The molecule has 3 aromatic rings. The Hall–Kier alpha value is -1.26. The lowest BCUT2D eigenvalue weighted by Gasteiger charge is -1.98. The van der Waals surface area contributed by atoms with Crippen molar-refractivity contribution < 1.29 is 43.4 Å². The average molecular weight is 473 g/mol. The van der Waals surface area contributed by atoms with Crippen LogP contribution in [0.3, 0.4) is 0 Å². The van der Waals surface area contributed by atoms with Crippen LogP contribution in [0.15, 0.2) is 12.1 Å². The van der Waals surface area contributed by atoms with Crippen molar-refractivity contribution in [2.45, 2.75) is 13.8 Å². The maximum absolute atomic E-state index is 9.22. The highest BCUT2D eigenvalue weighted by Gasteiger charge is 2.20. The predicted octanol–water partition coefficient (Wildman–Crippen LogP) is 0.568. The Morgan fingerprint density at radius 2 is 1.07 bits per heavy atom. The normalized spacial score (nSPS) is 11.7. The SMILES string of the molecule is COS(=O)(=O)[O-].COS(=O)(=O)[O-].Cc1sc2cc3sc(C)[n+](C)c3cc2[n+]1C. The van der Waals surface area contributed by atoms with Crippen LogP contribution < -0.4 is 9.13 Å². The number of benzene rings is 1. The molecule has 0 spiro atoms. The highest BCUT2D eigenvalue weighted by molar-refractivity contribution is 7.81. The minimum Gasteiger partial charge on any atom is -0.726 e. The van der Waals surface area contributed by atoms with Gasteiger partial charge in [0, 0.05) is 13.8 Å². The van der Waals surface area contributed by atoms with Gasteiger partial charge in [-0.3, -0.25) is 8.37 Å². The van der Waals surface area contributed by atoms with Crippen molar-refractivity contribution in [1.82, 2.24) is 0 Å². The summed E-state index contributed by atoms with van der Waals surface area (Å²) < 4.78 is 69.3. The van der Waals surface area contributed by atoms with E-state index in [-0.39, 0.29) is 0 Å². The Balaban J connectivity index is 0.000000274. The predicted molar refractivity (Wildman–Crippen MR) is 102 cm³/mol. The summed E-state index contributed by atoms with van der Waals surface area (Å²) in [7, 11) is -2.93. The first-order chi connectivity index (χ1) is 12.7. The third-order valence-electron chi connectivity index (χ3n) is 3.63. The highest BCUT2D eigenvalue weighted by Crippen LogP contribution is 2.27. The quantitative estimate of drug-likeness (QED) is 0.299. The Labute approximate surface area is 171 Å². The summed E-state index contributed by atoms with van der Waals surface area (Å²) >= 11 is 3.74. The van der Waals surface area contributed by atoms with Crippen molar-refractivity contribution in [2.24, 2.45) is 14.1 Å². The minimum absolute atomic E-state index is 0.808. The van der Waals surface area contributed by atoms with E-state index in [0.717, 1.165) is 14.2 Å². The van der Waals surface area contributed by atoms with E-state index in [1.54, 1.807) is 0 Å². The summed E-state index contributed by atoms with van der Waals surface area (Å²) in [5.74, 6) is 0. The van der Waals surface area contributed by atoms with Gasteiger partial charge in [-0.15, -0.1) is 0 Å². The molecule has 0 aliphatic carbocycles. The maximum Gasteiger partial charge on any atom is 0.234 e. The summed E-state index contributed by atoms with van der Waals surface area (Å²) in [4.78, 5) is 0. The first-order valence-corrected chi connectivity index (χ1v) is 11.7. The molecule has 3 rings (SSSR count). The molecule has 0 atom stereocenters. The van der Waals surface area contributed by atoms with Crippen LogP contribution in [-0.2, 0) is 43.3 Å². The van der Waals surface area contributed by atoms with Gasteiger partial charge in [0.05, 0.1) is 20.3 Å². The topological polar surface area (TPSA) is 141 Å². The summed E-state index contributed by atoms with van der Waals surface area (Å²) in [5.41, 5.74) is 2.67. The Morgan fingerprint density at radius 3 is 1.32 bits per heavy atom. The van der Waals surface area contributed by atoms with E-state index >= 15 is 0 Å². The van der Waals surface area contributed by atoms with E-state index in [1.807, 2.05) is 22.7 Å². The first kappa shape index (κ1) is 24.8. The monoisotopic (exact) mass is 472 g/mol. The highest BCUT2D eigenvalue weighted by atomic mass is 32.3. The Morgan fingerprint density at radius 1 is 0.786 bits per heavy atom. The van der Waals surface area contributed by atoms with Gasteiger partial charge in [-0.05, 0) is 6.07 Å². The zero-order valence-corrected chi connectivity index (χ0v) is 19.2. The molecule has 0 aliphatic rings. The van der Waals surface area contributed by atoms with Gasteiger partial charge in [0.2, 0.25) is 41.8 Å². The van der Waals surface area contributed by atoms with Gasteiger partial charge in [-0.2, -0.15) is 9.13 Å². The van der Waals surface area contributed by atoms with Crippen molar-refractivity contribution in [2.75, 3.05) is 14.2 Å². The lowest BCUT2D eigenvalue weighted by atomic mass is 10.3. The fraction of sp³-hybridized carbons (Fsp3) is 0.429. The van der Waals surface area contributed by atoms with E-state index in [4.69, 9.17) is 0 Å². The molecule has 28 heavy (non-hydrogen) atoms. The van der Waals surface area contributed by atoms with Crippen molar-refractivity contribution in [3.63, 3.8) is 0 Å². The van der Waals surface area contributed by atoms with Crippen LogP contribution in [0.25, 0.3) is 20.4 Å². The Bertz CT molecular complexity index is 1090. The molecular weight excluding hydrogens is 452 g/mol. The van der Waals surface area contributed by atoms with Crippen molar-refractivity contribution in [3.05, 3.63) is 22.1 Å². The van der Waals surface area contributed by atoms with E-state index < -0.39 is 20.8 Å². The zero-order valence-electron chi connectivity index (χ0n) is 15.9. The molecule has 1 aromatic carbocycles. The fourth-order valence-corrected chi connectivity index (χ4v) is 4.16. The number of aryl methyl sites for hydroxylation is 4. The summed E-state index contributed by atoms with van der Waals surface area (Å²) in [6.07, 6.45) is 0. The van der Waals surface area contributed by atoms with Gasteiger partial charge in [0.1, 0.15) is 23.5 Å². The number of fused-ring (bicyclic) bond motifs is 2. The van der Waals surface area contributed by atoms with E-state index in [2.05, 4.69) is 57.6 Å². The Kier molecular flexibility index (Phi) is 8.40. The second-order valence-corrected chi connectivity index (χ2v) is 10.1. The number of thiazole rings is 2. The third-order valence-corrected chi connectivity index (χ3v) is 6.68. The van der Waals surface area contributed by atoms with Gasteiger partial charge < -0.3 is 9.11 Å². The number of rotatable bonds is 2. The van der Waals surface area contributed by atoms with Crippen LogP contribution in [0.1, 0.15) is 10.0 Å². The van der Waals surface area contributed by atoms with E-state index in [0.29, 0.717) is 0 Å². The molecule has 0 saturated carbocycles. The molecule has 2 aromatic heterocycles. The molecule has 2 heterocycles. The van der Waals surface area contributed by atoms with Gasteiger partial charge in [0.15, 0.2) is 0 Å². The molecule has 0 amide bonds. The van der Waals surface area contributed by atoms with Crippen LogP contribution in [0.2, 0.25) is 0 Å². The van der Waals surface area contributed by atoms with E-state index in [9.17, 15) is 25.9 Å². The van der Waals surface area contributed by atoms with Crippen LogP contribution in [-0.4, -0.2) is 40.2 Å². The summed E-state index contributed by atoms with van der Waals surface area (Å²) in [6, 6.07) is 4.62. The number of hydrogen-bond donors (Lipinski definition) is 0. The maximum atomic E-state index is 9.22. The van der Waals surface area contributed by atoms with Crippen molar-refractivity contribution in [1.29, 1.82) is 0 Å². The molecule has 0 fully saturated rings. The van der Waals surface area contributed by atoms with Crippen LogP contribution in [0, 0.1) is 13.8 Å². The van der Waals surface area contributed by atoms with Gasteiger partial charge in [0.25, 0.3) is 0 Å². The molecule has 0 bridgehead atoms. The van der Waals surface area contributed by atoms with Gasteiger partial charge >= 0.3 is 0 Å². The van der Waals surface area contributed by atoms with Gasteiger partial charge in [-0.1, -0.05) is 22.7 Å². The number of aromatic nitrogens is 2. The molecule has 0 aliphatic heterocycles. The molecule has 0 unspecified atom stereocenters. The number of hydrogen-bond acceptors (Lipinski definition) is 10. The van der Waals surface area contributed by atoms with Crippen molar-refractivity contribution >= 4 is 63.9 Å². The standard InChI is InChI=1S/C12H14N2S2.2CH4O4S/c1-7-13(3)9-5-10-12(6-11(9)15-7)16-8(2)14(10)4;2*1-5-6(2,3)4/h5-6H,1-4H3;2*1H3,(H,2,3,4)/q+2;;/p-2. The molecule has 10 nitrogen and oxygen atoms in total. The molecular formula is C14H20N2O8S4. The molecule has 0 radical (unpaired) electrons. The van der Waals surface area contributed by atoms with Crippen molar-refractivity contribution in [3.8, 4) is 0 Å². The third kappa shape index (κ3) is 6.97. The largest absolute Gasteiger partial charge is 0.726 e. The summed E-state index contributed by atoms with van der Waals surface area (Å²) in [6.45, 7) is 4.34. The van der Waals surface area contributed by atoms with Crippen LogP contribution >= 0.6 is 22.7 Å². The van der Waals surface area contributed by atoms with Gasteiger partial charge in [-0.25, -0.2) is 16.8 Å². The zero-order chi connectivity index (χ0) is 21.9. The lowest BCUT2D eigenvalue weighted by molar-refractivity contribution is -0.650.